The molecule has 144 valence electrons. The Morgan fingerprint density at radius 3 is 2.68 bits per heavy atom. The second-order valence-corrected chi connectivity index (χ2v) is 8.19. The normalized spacial score (nSPS) is 18.2. The van der Waals surface area contributed by atoms with Gasteiger partial charge >= 0.3 is 0 Å². The Morgan fingerprint density at radius 2 is 1.96 bits per heavy atom. The summed E-state index contributed by atoms with van der Waals surface area (Å²) in [5, 5.41) is 13.8. The predicted molar refractivity (Wildman–Crippen MR) is 110 cm³/mol. The minimum atomic E-state index is -0.855. The summed E-state index contributed by atoms with van der Waals surface area (Å²) in [7, 11) is 0. The van der Waals surface area contributed by atoms with Crippen LogP contribution in [0.2, 0.25) is 0 Å². The standard InChI is InChI=1S/C22H25N5O/c1-22(2,28)16-7-5-14(6-8-16)19-18-13-25-20-17(9-11-24-20)27(18)21(26-19)15-4-3-10-23-12-15/h5-9,11,13,15,23-24,28H,3-4,10,12H2,1-2H3/t15-/m0/s1. The number of nitrogens with zero attached hydrogens (tertiary/aromatic N) is 3. The zero-order chi connectivity index (χ0) is 19.3. The molecule has 0 bridgehead atoms. The topological polar surface area (TPSA) is 78.2 Å². The Kier molecular flexibility index (Phi) is 4.00. The van der Waals surface area contributed by atoms with Crippen molar-refractivity contribution in [1.29, 1.82) is 0 Å². The molecule has 1 aliphatic rings. The number of aromatic nitrogens is 4. The summed E-state index contributed by atoms with van der Waals surface area (Å²) in [6.45, 7) is 5.63. The number of aromatic amines is 1. The quantitative estimate of drug-likeness (QED) is 0.511. The van der Waals surface area contributed by atoms with Gasteiger partial charge in [0.05, 0.1) is 28.5 Å². The van der Waals surface area contributed by atoms with Gasteiger partial charge in [-0.1, -0.05) is 24.3 Å². The van der Waals surface area contributed by atoms with Gasteiger partial charge < -0.3 is 15.4 Å². The van der Waals surface area contributed by atoms with E-state index < -0.39 is 5.60 Å². The second-order valence-electron chi connectivity index (χ2n) is 8.19. The van der Waals surface area contributed by atoms with Crippen LogP contribution in [-0.2, 0) is 5.60 Å². The van der Waals surface area contributed by atoms with E-state index in [4.69, 9.17) is 4.98 Å². The number of nitrogens with one attached hydrogen (secondary N) is 2. The van der Waals surface area contributed by atoms with E-state index in [9.17, 15) is 5.11 Å². The third kappa shape index (κ3) is 2.80. The van der Waals surface area contributed by atoms with Crippen molar-refractivity contribution < 1.29 is 5.11 Å². The molecule has 0 spiro atoms. The molecule has 1 fully saturated rings. The fourth-order valence-electron chi connectivity index (χ4n) is 4.18. The van der Waals surface area contributed by atoms with E-state index in [1.54, 1.807) is 13.8 Å². The van der Waals surface area contributed by atoms with Crippen molar-refractivity contribution in [3.8, 4) is 11.3 Å². The smallest absolute Gasteiger partial charge is 0.154 e. The van der Waals surface area contributed by atoms with Crippen LogP contribution < -0.4 is 5.32 Å². The van der Waals surface area contributed by atoms with Crippen molar-refractivity contribution in [2.75, 3.05) is 13.1 Å². The van der Waals surface area contributed by atoms with Crippen molar-refractivity contribution in [3.63, 3.8) is 0 Å². The molecular weight excluding hydrogens is 350 g/mol. The summed E-state index contributed by atoms with van der Waals surface area (Å²) in [4.78, 5) is 12.9. The van der Waals surface area contributed by atoms with Gasteiger partial charge in [-0.25, -0.2) is 9.97 Å². The Bertz CT molecular complexity index is 1130. The van der Waals surface area contributed by atoms with Gasteiger partial charge in [0.25, 0.3) is 0 Å². The number of hydrogen-bond acceptors (Lipinski definition) is 4. The number of piperidine rings is 1. The van der Waals surface area contributed by atoms with Crippen molar-refractivity contribution in [2.24, 2.45) is 0 Å². The van der Waals surface area contributed by atoms with E-state index in [1.165, 1.54) is 0 Å². The fourth-order valence-corrected chi connectivity index (χ4v) is 4.18. The van der Waals surface area contributed by atoms with E-state index in [2.05, 4.69) is 25.8 Å². The number of benzene rings is 1. The molecule has 4 heterocycles. The lowest BCUT2D eigenvalue weighted by atomic mass is 9.96. The van der Waals surface area contributed by atoms with Crippen molar-refractivity contribution >= 4 is 16.7 Å². The molecule has 0 aliphatic carbocycles. The summed E-state index contributed by atoms with van der Waals surface area (Å²) in [5.74, 6) is 1.47. The third-order valence-electron chi connectivity index (χ3n) is 5.73. The lowest BCUT2D eigenvalue weighted by molar-refractivity contribution is 0.0786. The highest BCUT2D eigenvalue weighted by Crippen LogP contribution is 2.33. The van der Waals surface area contributed by atoms with Gasteiger partial charge in [-0.3, -0.25) is 4.40 Å². The highest BCUT2D eigenvalue weighted by molar-refractivity contribution is 5.84. The Labute approximate surface area is 163 Å². The maximum absolute atomic E-state index is 10.3. The first kappa shape index (κ1) is 17.4. The highest BCUT2D eigenvalue weighted by Gasteiger charge is 2.24. The Morgan fingerprint density at radius 1 is 1.14 bits per heavy atom. The van der Waals surface area contributed by atoms with Crippen LogP contribution in [0.4, 0.5) is 0 Å². The Balaban J connectivity index is 1.71. The molecule has 4 aromatic rings. The van der Waals surface area contributed by atoms with Crippen LogP contribution in [0.15, 0.2) is 42.7 Å². The Hall–Kier alpha value is -2.70. The molecule has 1 aromatic carbocycles. The monoisotopic (exact) mass is 375 g/mol. The predicted octanol–water partition coefficient (Wildman–Crippen LogP) is 3.57. The number of fused-ring (bicyclic) bond motifs is 3. The summed E-state index contributed by atoms with van der Waals surface area (Å²) in [6.07, 6.45) is 6.14. The maximum Gasteiger partial charge on any atom is 0.154 e. The van der Waals surface area contributed by atoms with Crippen LogP contribution in [0, 0.1) is 0 Å². The van der Waals surface area contributed by atoms with Gasteiger partial charge in [-0.15, -0.1) is 0 Å². The van der Waals surface area contributed by atoms with Gasteiger partial charge in [0.2, 0.25) is 0 Å². The van der Waals surface area contributed by atoms with Crippen LogP contribution in [0.3, 0.4) is 0 Å². The molecule has 5 rings (SSSR count). The zero-order valence-corrected chi connectivity index (χ0v) is 16.2. The van der Waals surface area contributed by atoms with Gasteiger partial charge in [0.1, 0.15) is 5.82 Å². The number of aliphatic hydroxyl groups is 1. The van der Waals surface area contributed by atoms with E-state index in [0.29, 0.717) is 5.92 Å². The molecule has 6 nitrogen and oxygen atoms in total. The molecule has 0 saturated carbocycles. The molecule has 3 aromatic heterocycles. The highest BCUT2D eigenvalue weighted by atomic mass is 16.3. The zero-order valence-electron chi connectivity index (χ0n) is 16.2. The van der Waals surface area contributed by atoms with Gasteiger partial charge in [-0.2, -0.15) is 0 Å². The molecular formula is C22H25N5O. The molecule has 28 heavy (non-hydrogen) atoms. The van der Waals surface area contributed by atoms with Crippen molar-refractivity contribution in [2.45, 2.75) is 38.2 Å². The molecule has 3 N–H and O–H groups in total. The first-order chi connectivity index (χ1) is 13.5. The van der Waals surface area contributed by atoms with Gasteiger partial charge in [0, 0.05) is 24.2 Å². The van der Waals surface area contributed by atoms with Crippen LogP contribution in [0.5, 0.6) is 0 Å². The van der Waals surface area contributed by atoms with Crippen LogP contribution in [-0.4, -0.2) is 37.5 Å². The molecule has 0 amide bonds. The molecule has 1 aliphatic heterocycles. The minimum Gasteiger partial charge on any atom is -0.386 e. The lowest BCUT2D eigenvalue weighted by Crippen LogP contribution is -2.29. The third-order valence-corrected chi connectivity index (χ3v) is 5.73. The van der Waals surface area contributed by atoms with Gasteiger partial charge in [-0.05, 0) is 44.9 Å². The van der Waals surface area contributed by atoms with Crippen molar-refractivity contribution in [1.82, 2.24) is 24.7 Å². The number of rotatable bonds is 3. The lowest BCUT2D eigenvalue weighted by Gasteiger charge is -2.21. The molecule has 1 saturated heterocycles. The summed E-state index contributed by atoms with van der Waals surface area (Å²) >= 11 is 0. The van der Waals surface area contributed by atoms with E-state index in [-0.39, 0.29) is 0 Å². The number of H-pyrrole nitrogens is 1. The molecule has 6 heteroatoms. The minimum absolute atomic E-state index is 0.381. The van der Waals surface area contributed by atoms with Crippen LogP contribution >= 0.6 is 0 Å². The van der Waals surface area contributed by atoms with Crippen LogP contribution in [0.1, 0.15) is 44.0 Å². The summed E-state index contributed by atoms with van der Waals surface area (Å²) < 4.78 is 2.26. The van der Waals surface area contributed by atoms with Crippen molar-refractivity contribution in [3.05, 3.63) is 54.1 Å². The molecule has 0 unspecified atom stereocenters. The summed E-state index contributed by atoms with van der Waals surface area (Å²) in [5.41, 5.74) is 4.97. The first-order valence-corrected chi connectivity index (χ1v) is 9.91. The molecule has 1 atom stereocenters. The SMILES string of the molecule is CC(C)(O)c1ccc(-c2nc([C@H]3CCCNC3)n3c2cnc2[nH]ccc23)cc1. The fraction of sp³-hybridized carbons (Fsp3) is 0.364. The van der Waals surface area contributed by atoms with Crippen LogP contribution in [0.25, 0.3) is 27.9 Å². The maximum atomic E-state index is 10.3. The first-order valence-electron chi connectivity index (χ1n) is 9.91. The second kappa shape index (κ2) is 6.43. The number of imidazole rings is 1. The average Bonchev–Trinajstić information content (AvgIpc) is 3.32. The van der Waals surface area contributed by atoms with E-state index >= 15 is 0 Å². The number of hydrogen-bond donors (Lipinski definition) is 3. The van der Waals surface area contributed by atoms with E-state index in [0.717, 1.165) is 65.3 Å². The van der Waals surface area contributed by atoms with Gasteiger partial charge in [0.15, 0.2) is 5.65 Å². The average molecular weight is 375 g/mol. The summed E-state index contributed by atoms with van der Waals surface area (Å²) in [6, 6.07) is 10.1. The van der Waals surface area contributed by atoms with E-state index in [1.807, 2.05) is 36.7 Å². The largest absolute Gasteiger partial charge is 0.386 e. The molecule has 0 radical (unpaired) electrons.